The Morgan fingerprint density at radius 1 is 1.32 bits per heavy atom. The minimum atomic E-state index is -0.498. The molecule has 0 aliphatic rings. The van der Waals surface area contributed by atoms with Gasteiger partial charge < -0.3 is 10.0 Å². The average molecular weight is 344 g/mol. The quantitative estimate of drug-likeness (QED) is 0.923. The number of hydrogen-bond acceptors (Lipinski definition) is 4. The summed E-state index contributed by atoms with van der Waals surface area (Å²) in [4.78, 5) is 30.2. The summed E-state index contributed by atoms with van der Waals surface area (Å²) in [7, 11) is 0. The zero-order chi connectivity index (χ0) is 16.4. The van der Waals surface area contributed by atoms with E-state index in [2.05, 4.69) is 4.98 Å². The molecule has 0 spiro atoms. The molecule has 118 valence electrons. The van der Waals surface area contributed by atoms with Gasteiger partial charge in [0.05, 0.1) is 21.8 Å². The van der Waals surface area contributed by atoms with Gasteiger partial charge >= 0.3 is 0 Å². The number of aromatic nitrogens is 2. The molecular weight excluding hydrogens is 329 g/mol. The molecule has 0 fully saturated rings. The molecule has 0 aliphatic heterocycles. The van der Waals surface area contributed by atoms with Crippen LogP contribution in [0.4, 0.5) is 0 Å². The van der Waals surface area contributed by atoms with Crippen molar-refractivity contribution in [2.45, 2.75) is 20.4 Å². The van der Waals surface area contributed by atoms with Crippen molar-refractivity contribution >= 4 is 40.0 Å². The second-order valence-electron chi connectivity index (χ2n) is 4.66. The predicted molar refractivity (Wildman–Crippen MR) is 85.6 cm³/mol. The van der Waals surface area contributed by atoms with Gasteiger partial charge in [0, 0.05) is 13.1 Å². The van der Waals surface area contributed by atoms with E-state index in [0.29, 0.717) is 13.1 Å². The molecule has 1 aromatic carbocycles. The number of rotatable bonds is 4. The number of aromatic hydroxyl groups is 1. The van der Waals surface area contributed by atoms with Crippen LogP contribution in [0.5, 0.6) is 5.75 Å². The number of nitrogens with zero attached hydrogens (tertiary/aromatic N) is 3. The smallest absolute Gasteiger partial charge is 0.263 e. The van der Waals surface area contributed by atoms with E-state index in [9.17, 15) is 14.7 Å². The summed E-state index contributed by atoms with van der Waals surface area (Å²) in [5, 5.41) is 10.0. The largest absolute Gasteiger partial charge is 0.504 e. The number of hydrogen-bond donors (Lipinski definition) is 1. The van der Waals surface area contributed by atoms with E-state index in [0.717, 1.165) is 0 Å². The fraction of sp³-hybridized carbons (Fsp3) is 0.357. The molecule has 0 aliphatic carbocycles. The van der Waals surface area contributed by atoms with Crippen LogP contribution in [0.1, 0.15) is 13.8 Å². The van der Waals surface area contributed by atoms with E-state index in [1.165, 1.54) is 17.0 Å². The molecule has 0 bridgehead atoms. The molecule has 0 saturated carbocycles. The summed E-state index contributed by atoms with van der Waals surface area (Å²) in [6.45, 7) is 4.70. The van der Waals surface area contributed by atoms with Crippen LogP contribution >= 0.6 is 23.2 Å². The van der Waals surface area contributed by atoms with Crippen molar-refractivity contribution in [1.82, 2.24) is 14.5 Å². The first-order chi connectivity index (χ1) is 10.4. The van der Waals surface area contributed by atoms with Crippen molar-refractivity contribution in [3.8, 4) is 5.75 Å². The number of benzene rings is 1. The first-order valence-electron chi connectivity index (χ1n) is 6.74. The first kappa shape index (κ1) is 16.6. The standard InChI is InChI=1S/C14H15Cl2N3O3/c1-3-18(4-2)10(20)6-19-7-17-12-11(14(19)22)8(15)5-9(16)13(12)21/h5,7,21H,3-4,6H2,1-2H3. The Labute approximate surface area is 136 Å². The lowest BCUT2D eigenvalue weighted by atomic mass is 10.2. The van der Waals surface area contributed by atoms with E-state index < -0.39 is 5.56 Å². The molecule has 22 heavy (non-hydrogen) atoms. The lowest BCUT2D eigenvalue weighted by Gasteiger charge is -2.19. The van der Waals surface area contributed by atoms with E-state index in [-0.39, 0.29) is 39.1 Å². The summed E-state index contributed by atoms with van der Waals surface area (Å²) < 4.78 is 1.17. The van der Waals surface area contributed by atoms with Crippen molar-refractivity contribution in [3.05, 3.63) is 32.8 Å². The highest BCUT2D eigenvalue weighted by Gasteiger charge is 2.17. The van der Waals surface area contributed by atoms with E-state index in [4.69, 9.17) is 23.2 Å². The third-order valence-electron chi connectivity index (χ3n) is 3.40. The number of carbonyl (C=O) groups is 1. The van der Waals surface area contributed by atoms with Gasteiger partial charge in [-0.3, -0.25) is 14.2 Å². The molecule has 2 aromatic rings. The summed E-state index contributed by atoms with van der Waals surface area (Å²) >= 11 is 11.8. The van der Waals surface area contributed by atoms with Crippen molar-refractivity contribution in [3.63, 3.8) is 0 Å². The molecule has 0 saturated heterocycles. The van der Waals surface area contributed by atoms with Crippen molar-refractivity contribution in [2.75, 3.05) is 13.1 Å². The average Bonchev–Trinajstić information content (AvgIpc) is 2.48. The van der Waals surface area contributed by atoms with Gasteiger partial charge in [-0.1, -0.05) is 23.2 Å². The normalized spacial score (nSPS) is 10.9. The van der Waals surface area contributed by atoms with Gasteiger partial charge in [-0.05, 0) is 19.9 Å². The van der Waals surface area contributed by atoms with Gasteiger partial charge in [-0.2, -0.15) is 0 Å². The second-order valence-corrected chi connectivity index (χ2v) is 5.47. The van der Waals surface area contributed by atoms with Gasteiger partial charge in [-0.15, -0.1) is 0 Å². The summed E-state index contributed by atoms with van der Waals surface area (Å²) in [6, 6.07) is 1.28. The van der Waals surface area contributed by atoms with Gasteiger partial charge in [0.1, 0.15) is 12.1 Å². The molecule has 1 heterocycles. The Balaban J connectivity index is 2.53. The van der Waals surface area contributed by atoms with E-state index >= 15 is 0 Å². The lowest BCUT2D eigenvalue weighted by molar-refractivity contribution is -0.131. The number of likely N-dealkylation sites (N-methyl/N-ethyl adjacent to an activating group) is 1. The monoisotopic (exact) mass is 343 g/mol. The molecule has 8 heteroatoms. The van der Waals surface area contributed by atoms with Gasteiger partial charge in [-0.25, -0.2) is 4.98 Å². The first-order valence-corrected chi connectivity index (χ1v) is 7.50. The van der Waals surface area contributed by atoms with Gasteiger partial charge in [0.25, 0.3) is 5.56 Å². The molecular formula is C14H15Cl2N3O3. The van der Waals surface area contributed by atoms with Crippen LogP contribution in [0.25, 0.3) is 10.9 Å². The summed E-state index contributed by atoms with van der Waals surface area (Å²) in [5.74, 6) is -0.497. The fourth-order valence-corrected chi connectivity index (χ4v) is 2.72. The number of amides is 1. The number of phenolic OH excluding ortho intramolecular Hbond substituents is 1. The van der Waals surface area contributed by atoms with Crippen LogP contribution in [-0.4, -0.2) is 38.6 Å². The molecule has 1 amide bonds. The molecule has 1 aromatic heterocycles. The van der Waals surface area contributed by atoms with Crippen LogP contribution in [-0.2, 0) is 11.3 Å². The summed E-state index contributed by atoms with van der Waals surface area (Å²) in [5.41, 5.74) is -0.475. The molecule has 2 rings (SSSR count). The molecule has 0 unspecified atom stereocenters. The maximum atomic E-state index is 12.5. The van der Waals surface area contributed by atoms with Crippen LogP contribution < -0.4 is 5.56 Å². The highest BCUT2D eigenvalue weighted by Crippen LogP contribution is 2.34. The summed E-state index contributed by atoms with van der Waals surface area (Å²) in [6.07, 6.45) is 1.21. The Kier molecular flexibility index (Phi) is 4.93. The number of carbonyl (C=O) groups excluding carboxylic acids is 1. The SMILES string of the molecule is CCN(CC)C(=O)Cn1cnc2c(O)c(Cl)cc(Cl)c2c1=O. The molecule has 0 radical (unpaired) electrons. The van der Waals surface area contributed by atoms with E-state index in [1.807, 2.05) is 13.8 Å². The van der Waals surface area contributed by atoms with Crippen LogP contribution in [0, 0.1) is 0 Å². The Hall–Kier alpha value is -1.79. The molecule has 6 nitrogen and oxygen atoms in total. The van der Waals surface area contributed by atoms with E-state index in [1.54, 1.807) is 4.90 Å². The van der Waals surface area contributed by atoms with Crippen LogP contribution in [0.3, 0.4) is 0 Å². The van der Waals surface area contributed by atoms with Crippen LogP contribution in [0.2, 0.25) is 10.0 Å². The Morgan fingerprint density at radius 2 is 1.95 bits per heavy atom. The van der Waals surface area contributed by atoms with Crippen LogP contribution in [0.15, 0.2) is 17.2 Å². The molecule has 0 atom stereocenters. The number of halogens is 2. The van der Waals surface area contributed by atoms with Gasteiger partial charge in [0.2, 0.25) is 5.91 Å². The number of phenols is 1. The Morgan fingerprint density at radius 3 is 2.55 bits per heavy atom. The fourth-order valence-electron chi connectivity index (χ4n) is 2.18. The highest BCUT2D eigenvalue weighted by molar-refractivity contribution is 6.39. The topological polar surface area (TPSA) is 75.4 Å². The van der Waals surface area contributed by atoms with Crippen molar-refractivity contribution in [2.24, 2.45) is 0 Å². The van der Waals surface area contributed by atoms with Crippen molar-refractivity contribution in [1.29, 1.82) is 0 Å². The Bertz CT molecular complexity index is 785. The van der Waals surface area contributed by atoms with Gasteiger partial charge in [0.15, 0.2) is 5.75 Å². The third-order valence-corrected chi connectivity index (χ3v) is 3.99. The second kappa shape index (κ2) is 6.54. The predicted octanol–water partition coefficient (Wildman–Crippen LogP) is 2.28. The third kappa shape index (κ3) is 2.89. The lowest BCUT2D eigenvalue weighted by Crippen LogP contribution is -2.36. The van der Waals surface area contributed by atoms with Crippen molar-refractivity contribution < 1.29 is 9.90 Å². The molecule has 1 N–H and O–H groups in total. The minimum absolute atomic E-state index is 0.0152. The number of fused-ring (bicyclic) bond motifs is 1. The maximum Gasteiger partial charge on any atom is 0.263 e. The maximum absolute atomic E-state index is 12.5. The minimum Gasteiger partial charge on any atom is -0.504 e. The highest BCUT2D eigenvalue weighted by atomic mass is 35.5. The zero-order valence-corrected chi connectivity index (χ0v) is 13.6. The zero-order valence-electron chi connectivity index (χ0n) is 12.1.